The predicted molar refractivity (Wildman–Crippen MR) is 88.6 cm³/mol. The summed E-state index contributed by atoms with van der Waals surface area (Å²) in [6, 6.07) is 4.15. The molecule has 1 saturated heterocycles. The van der Waals surface area contributed by atoms with Crippen molar-refractivity contribution in [2.75, 3.05) is 18.0 Å². The topological polar surface area (TPSA) is 45.2 Å². The molecule has 0 bridgehead atoms. The fourth-order valence-electron chi connectivity index (χ4n) is 3.21. The highest BCUT2D eigenvalue weighted by atomic mass is 16.1. The highest BCUT2D eigenvalue weighted by molar-refractivity contribution is 5.76. The number of nitrogens with zero attached hydrogens (tertiary/aromatic N) is 2. The Morgan fingerprint density at radius 3 is 2.82 bits per heavy atom. The van der Waals surface area contributed by atoms with E-state index in [0.29, 0.717) is 18.9 Å². The van der Waals surface area contributed by atoms with Crippen LogP contribution >= 0.6 is 0 Å². The van der Waals surface area contributed by atoms with E-state index in [0.717, 1.165) is 37.3 Å². The van der Waals surface area contributed by atoms with E-state index in [4.69, 9.17) is 0 Å². The Bertz CT molecular complexity index is 518. The van der Waals surface area contributed by atoms with Gasteiger partial charge in [-0.05, 0) is 49.7 Å². The lowest BCUT2D eigenvalue weighted by atomic mass is 10.1. The van der Waals surface area contributed by atoms with Gasteiger partial charge in [-0.25, -0.2) is 4.98 Å². The minimum Gasteiger partial charge on any atom is -0.357 e. The number of rotatable bonds is 5. The van der Waals surface area contributed by atoms with Crippen LogP contribution in [-0.4, -0.2) is 24.0 Å². The third-order valence-corrected chi connectivity index (χ3v) is 4.54. The fraction of sp³-hybridized carbons (Fsp3) is 0.556. The molecule has 22 heavy (non-hydrogen) atoms. The molecule has 2 aliphatic rings. The van der Waals surface area contributed by atoms with Gasteiger partial charge in [-0.1, -0.05) is 18.2 Å². The molecule has 1 aromatic rings. The van der Waals surface area contributed by atoms with Crippen LogP contribution in [0.4, 0.5) is 5.82 Å². The number of allylic oxidation sites excluding steroid dienone is 2. The van der Waals surface area contributed by atoms with E-state index in [1.807, 2.05) is 6.20 Å². The minimum atomic E-state index is 0.136. The van der Waals surface area contributed by atoms with Crippen molar-refractivity contribution >= 4 is 11.7 Å². The van der Waals surface area contributed by atoms with E-state index < -0.39 is 0 Å². The maximum atomic E-state index is 11.9. The van der Waals surface area contributed by atoms with Crippen molar-refractivity contribution in [1.29, 1.82) is 0 Å². The molecular weight excluding hydrogens is 274 g/mol. The number of carbonyl (C=O) groups is 1. The maximum Gasteiger partial charge on any atom is 0.220 e. The monoisotopic (exact) mass is 299 g/mol. The Morgan fingerprint density at radius 2 is 2.14 bits per heavy atom. The smallest absolute Gasteiger partial charge is 0.220 e. The summed E-state index contributed by atoms with van der Waals surface area (Å²) in [4.78, 5) is 18.8. The molecule has 1 aromatic heterocycles. The number of pyridine rings is 1. The average molecular weight is 299 g/mol. The van der Waals surface area contributed by atoms with Crippen LogP contribution in [0, 0.1) is 5.92 Å². The van der Waals surface area contributed by atoms with Crippen molar-refractivity contribution in [3.05, 3.63) is 36.0 Å². The second-order valence-electron chi connectivity index (χ2n) is 6.32. The van der Waals surface area contributed by atoms with Crippen molar-refractivity contribution in [2.45, 2.75) is 45.1 Å². The molecule has 118 valence electrons. The van der Waals surface area contributed by atoms with Crippen LogP contribution in [0.1, 0.15) is 44.1 Å². The summed E-state index contributed by atoms with van der Waals surface area (Å²) >= 11 is 0. The molecule has 4 nitrogen and oxygen atoms in total. The van der Waals surface area contributed by atoms with Crippen molar-refractivity contribution in [1.82, 2.24) is 10.3 Å². The van der Waals surface area contributed by atoms with Crippen molar-refractivity contribution in [3.8, 4) is 0 Å². The zero-order chi connectivity index (χ0) is 15.2. The Labute approximate surface area is 132 Å². The Kier molecular flexibility index (Phi) is 5.09. The van der Waals surface area contributed by atoms with Gasteiger partial charge in [0.15, 0.2) is 0 Å². The number of nitrogens with one attached hydrogen (secondary N) is 1. The zero-order valence-corrected chi connectivity index (χ0v) is 13.1. The largest absolute Gasteiger partial charge is 0.357 e. The predicted octanol–water partition coefficient (Wildman–Crippen LogP) is 3.04. The molecule has 1 atom stereocenters. The highest BCUT2D eigenvalue weighted by Crippen LogP contribution is 2.20. The Balaban J connectivity index is 1.46. The summed E-state index contributed by atoms with van der Waals surface area (Å²) in [5.41, 5.74) is 1.07. The van der Waals surface area contributed by atoms with Gasteiger partial charge in [-0.3, -0.25) is 4.79 Å². The first-order chi connectivity index (χ1) is 10.8. The summed E-state index contributed by atoms with van der Waals surface area (Å²) < 4.78 is 0. The van der Waals surface area contributed by atoms with Gasteiger partial charge in [0, 0.05) is 32.3 Å². The molecule has 3 rings (SSSR count). The number of amides is 1. The molecule has 2 heterocycles. The molecule has 0 aromatic carbocycles. The molecule has 0 spiro atoms. The first kappa shape index (κ1) is 15.1. The number of hydrogen-bond acceptors (Lipinski definition) is 3. The lowest BCUT2D eigenvalue weighted by Gasteiger charge is -2.27. The van der Waals surface area contributed by atoms with Gasteiger partial charge in [-0.2, -0.15) is 0 Å². The standard InChI is InChI=1S/C18H25N3O/c22-18(12-15-6-2-3-7-15)20-14-16-8-9-17(19-13-16)21-10-4-1-5-11-21/h2,6,8-9,13,15H,1,3-5,7,10-12,14H2,(H,20,22). The molecule has 4 heteroatoms. The highest BCUT2D eigenvalue weighted by Gasteiger charge is 2.14. The molecule has 1 unspecified atom stereocenters. The Morgan fingerprint density at radius 1 is 1.27 bits per heavy atom. The molecule has 1 N–H and O–H groups in total. The summed E-state index contributed by atoms with van der Waals surface area (Å²) in [7, 11) is 0. The second kappa shape index (κ2) is 7.43. The SMILES string of the molecule is O=C(CC1C=CCC1)NCc1ccc(N2CCCCC2)nc1. The van der Waals surface area contributed by atoms with E-state index >= 15 is 0 Å². The van der Waals surface area contributed by atoms with Crippen molar-refractivity contribution in [3.63, 3.8) is 0 Å². The van der Waals surface area contributed by atoms with Gasteiger partial charge < -0.3 is 10.2 Å². The van der Waals surface area contributed by atoms with Crippen molar-refractivity contribution < 1.29 is 4.79 Å². The number of carbonyl (C=O) groups excluding carboxylic acids is 1. The normalized spacial score (nSPS) is 21.1. The van der Waals surface area contributed by atoms with Gasteiger partial charge >= 0.3 is 0 Å². The number of anilines is 1. The van der Waals surface area contributed by atoms with Crippen LogP contribution in [-0.2, 0) is 11.3 Å². The third-order valence-electron chi connectivity index (χ3n) is 4.54. The van der Waals surface area contributed by atoms with Crippen molar-refractivity contribution in [2.24, 2.45) is 5.92 Å². The van der Waals surface area contributed by atoms with Crippen LogP contribution in [0.2, 0.25) is 0 Å². The van der Waals surface area contributed by atoms with E-state index in [9.17, 15) is 4.79 Å². The van der Waals surface area contributed by atoms with E-state index in [-0.39, 0.29) is 5.91 Å². The molecule has 1 amide bonds. The molecule has 1 aliphatic carbocycles. The van der Waals surface area contributed by atoms with Crippen LogP contribution in [0.5, 0.6) is 0 Å². The summed E-state index contributed by atoms with van der Waals surface area (Å²) in [6.07, 6.45) is 12.9. The van der Waals surface area contributed by atoms with Gasteiger partial charge in [0.05, 0.1) is 0 Å². The van der Waals surface area contributed by atoms with Crippen LogP contribution in [0.3, 0.4) is 0 Å². The molecule has 0 saturated carbocycles. The van der Waals surface area contributed by atoms with Gasteiger partial charge in [0.2, 0.25) is 5.91 Å². The van der Waals surface area contributed by atoms with Crippen LogP contribution < -0.4 is 10.2 Å². The first-order valence-corrected chi connectivity index (χ1v) is 8.44. The third kappa shape index (κ3) is 4.09. The lowest BCUT2D eigenvalue weighted by Crippen LogP contribution is -2.30. The zero-order valence-electron chi connectivity index (χ0n) is 13.1. The van der Waals surface area contributed by atoms with Gasteiger partial charge in [0.25, 0.3) is 0 Å². The first-order valence-electron chi connectivity index (χ1n) is 8.44. The quantitative estimate of drug-likeness (QED) is 0.850. The molecule has 0 radical (unpaired) electrons. The fourth-order valence-corrected chi connectivity index (χ4v) is 3.21. The molecule has 1 fully saturated rings. The molecular formula is C18H25N3O. The number of aromatic nitrogens is 1. The average Bonchev–Trinajstić information content (AvgIpc) is 3.07. The summed E-state index contributed by atoms with van der Waals surface area (Å²) in [6.45, 7) is 2.79. The Hall–Kier alpha value is -1.84. The summed E-state index contributed by atoms with van der Waals surface area (Å²) in [5.74, 6) is 1.63. The summed E-state index contributed by atoms with van der Waals surface area (Å²) in [5, 5.41) is 3.00. The maximum absolute atomic E-state index is 11.9. The van der Waals surface area contributed by atoms with Gasteiger partial charge in [0.1, 0.15) is 5.82 Å². The van der Waals surface area contributed by atoms with Crippen LogP contribution in [0.15, 0.2) is 30.5 Å². The van der Waals surface area contributed by atoms with Gasteiger partial charge in [-0.15, -0.1) is 0 Å². The second-order valence-corrected chi connectivity index (χ2v) is 6.32. The van der Waals surface area contributed by atoms with E-state index in [1.165, 1.54) is 19.3 Å². The number of piperidine rings is 1. The van der Waals surface area contributed by atoms with E-state index in [2.05, 4.69) is 39.5 Å². The lowest BCUT2D eigenvalue weighted by molar-refractivity contribution is -0.121. The van der Waals surface area contributed by atoms with E-state index in [1.54, 1.807) is 0 Å². The minimum absolute atomic E-state index is 0.136. The number of hydrogen-bond donors (Lipinski definition) is 1. The molecule has 1 aliphatic heterocycles. The van der Waals surface area contributed by atoms with Crippen LogP contribution in [0.25, 0.3) is 0 Å².